The molecule has 2 N–H and O–H groups in total. The molecular weight excluding hydrogens is 380 g/mol. The average molecular weight is 406 g/mol. The minimum absolute atomic E-state index is 0.0988. The van der Waals surface area contributed by atoms with E-state index in [0.717, 1.165) is 23.5 Å². The third-order valence-electron chi connectivity index (χ3n) is 5.09. The maximum Gasteiger partial charge on any atom is 0.339 e. The van der Waals surface area contributed by atoms with Gasteiger partial charge in [-0.25, -0.2) is 4.79 Å². The summed E-state index contributed by atoms with van der Waals surface area (Å²) in [6.45, 7) is 5.01. The molecule has 0 aromatic heterocycles. The van der Waals surface area contributed by atoms with Crippen LogP contribution in [0.4, 0.5) is 0 Å². The van der Waals surface area contributed by atoms with Gasteiger partial charge < -0.3 is 19.7 Å². The lowest BCUT2D eigenvalue weighted by Crippen LogP contribution is -2.20. The third kappa shape index (κ3) is 4.92. The monoisotopic (exact) mass is 406 g/mol. The van der Waals surface area contributed by atoms with E-state index in [9.17, 15) is 15.0 Å². The number of rotatable bonds is 9. The number of aromatic carboxylic acids is 1. The smallest absolute Gasteiger partial charge is 0.339 e. The normalized spacial score (nSPS) is 11.1. The fourth-order valence-corrected chi connectivity index (χ4v) is 3.30. The highest BCUT2D eigenvalue weighted by Gasteiger charge is 2.28. The van der Waals surface area contributed by atoms with E-state index in [1.165, 1.54) is 6.07 Å². The molecule has 0 fully saturated rings. The number of hydrogen-bond acceptors (Lipinski definition) is 4. The van der Waals surface area contributed by atoms with E-state index in [1.807, 2.05) is 68.4 Å². The summed E-state index contributed by atoms with van der Waals surface area (Å²) in [7, 11) is 0. The number of para-hydroxylation sites is 2. The molecular formula is C25H26O5. The molecule has 30 heavy (non-hydrogen) atoms. The molecule has 3 aromatic carbocycles. The van der Waals surface area contributed by atoms with Crippen molar-refractivity contribution >= 4 is 5.97 Å². The van der Waals surface area contributed by atoms with Crippen molar-refractivity contribution in [3.63, 3.8) is 0 Å². The first kappa shape index (κ1) is 21.2. The summed E-state index contributed by atoms with van der Waals surface area (Å²) in [6.07, 6.45) is 0.762. The van der Waals surface area contributed by atoms with Gasteiger partial charge in [0.05, 0.1) is 13.2 Å². The van der Waals surface area contributed by atoms with Crippen molar-refractivity contribution in [2.45, 2.75) is 25.7 Å². The van der Waals surface area contributed by atoms with E-state index in [4.69, 9.17) is 9.47 Å². The van der Waals surface area contributed by atoms with Gasteiger partial charge in [0.2, 0.25) is 0 Å². The molecule has 0 aliphatic rings. The van der Waals surface area contributed by atoms with Gasteiger partial charge in [-0.15, -0.1) is 0 Å². The molecule has 0 radical (unpaired) electrons. The van der Waals surface area contributed by atoms with Gasteiger partial charge in [-0.05, 0) is 35.9 Å². The van der Waals surface area contributed by atoms with Crippen molar-refractivity contribution in [2.24, 2.45) is 0 Å². The molecule has 5 nitrogen and oxygen atoms in total. The Morgan fingerprint density at radius 1 is 0.833 bits per heavy atom. The molecule has 0 heterocycles. The van der Waals surface area contributed by atoms with Gasteiger partial charge in [0.1, 0.15) is 22.8 Å². The number of carbonyl (C=O) groups is 1. The summed E-state index contributed by atoms with van der Waals surface area (Å²) < 4.78 is 11.4. The molecule has 3 aromatic rings. The van der Waals surface area contributed by atoms with Gasteiger partial charge in [-0.2, -0.15) is 0 Å². The maximum atomic E-state index is 11.3. The van der Waals surface area contributed by atoms with Gasteiger partial charge in [0.25, 0.3) is 0 Å². The van der Waals surface area contributed by atoms with Crippen LogP contribution < -0.4 is 9.47 Å². The Balaban J connectivity index is 1.59. The van der Waals surface area contributed by atoms with Crippen LogP contribution in [0.1, 0.15) is 41.8 Å². The Morgan fingerprint density at radius 3 is 2.03 bits per heavy atom. The molecule has 5 heteroatoms. The predicted octanol–water partition coefficient (Wildman–Crippen LogP) is 5.26. The SMILES string of the molecule is CC(C)(c1ccc(OCCCOc2ccccc2)cc1)c1cccc(C(=O)O)c1O. The van der Waals surface area contributed by atoms with Gasteiger partial charge in [0.15, 0.2) is 0 Å². The molecule has 0 unspecified atom stereocenters. The standard InChI is InChI=1S/C25H26O5/c1-25(2,22-11-6-10-21(23(22)26)24(27)28)18-12-14-20(15-13-18)30-17-7-16-29-19-8-4-3-5-9-19/h3-6,8-15,26H,7,16-17H2,1-2H3,(H,27,28). The highest BCUT2D eigenvalue weighted by Crippen LogP contribution is 2.38. The lowest BCUT2D eigenvalue weighted by Gasteiger charge is -2.27. The molecule has 0 saturated carbocycles. The third-order valence-corrected chi connectivity index (χ3v) is 5.09. The highest BCUT2D eigenvalue weighted by molar-refractivity contribution is 5.91. The van der Waals surface area contributed by atoms with Crippen LogP contribution in [0.15, 0.2) is 72.8 Å². The van der Waals surface area contributed by atoms with Crippen molar-refractivity contribution in [2.75, 3.05) is 13.2 Å². The van der Waals surface area contributed by atoms with Crippen molar-refractivity contribution in [1.82, 2.24) is 0 Å². The van der Waals surface area contributed by atoms with Crippen LogP contribution in [0.25, 0.3) is 0 Å². The molecule has 0 spiro atoms. The van der Waals surface area contributed by atoms with E-state index in [2.05, 4.69) is 0 Å². The second kappa shape index (κ2) is 9.35. The Bertz CT molecular complexity index is 978. The summed E-state index contributed by atoms with van der Waals surface area (Å²) in [6, 6.07) is 22.1. The molecule has 156 valence electrons. The Kier molecular flexibility index (Phi) is 6.62. The molecule has 3 rings (SSSR count). The van der Waals surface area contributed by atoms with E-state index in [-0.39, 0.29) is 11.3 Å². The number of ether oxygens (including phenoxy) is 2. The van der Waals surface area contributed by atoms with Crippen molar-refractivity contribution in [3.05, 3.63) is 89.5 Å². The minimum atomic E-state index is -1.15. The Hall–Kier alpha value is -3.47. The fourth-order valence-electron chi connectivity index (χ4n) is 3.30. The molecule has 0 aliphatic carbocycles. The quantitative estimate of drug-likeness (QED) is 0.474. The van der Waals surface area contributed by atoms with Gasteiger partial charge in [-0.3, -0.25) is 0 Å². The molecule has 0 aliphatic heterocycles. The lowest BCUT2D eigenvalue weighted by molar-refractivity contribution is 0.0693. The number of benzene rings is 3. The molecule has 0 atom stereocenters. The van der Waals surface area contributed by atoms with Crippen LogP contribution in [0.3, 0.4) is 0 Å². The maximum absolute atomic E-state index is 11.3. The zero-order valence-electron chi connectivity index (χ0n) is 17.2. The van der Waals surface area contributed by atoms with Crippen molar-refractivity contribution in [1.29, 1.82) is 0 Å². The minimum Gasteiger partial charge on any atom is -0.507 e. The number of phenols is 1. The van der Waals surface area contributed by atoms with Gasteiger partial charge >= 0.3 is 5.97 Å². The van der Waals surface area contributed by atoms with Crippen LogP contribution >= 0.6 is 0 Å². The Morgan fingerprint density at radius 2 is 1.43 bits per heavy atom. The average Bonchev–Trinajstić information content (AvgIpc) is 2.74. The summed E-state index contributed by atoms with van der Waals surface area (Å²) in [5.41, 5.74) is 0.838. The number of hydrogen-bond donors (Lipinski definition) is 2. The van der Waals surface area contributed by atoms with Crippen LogP contribution in [-0.4, -0.2) is 29.4 Å². The zero-order chi connectivity index (χ0) is 21.6. The first-order valence-electron chi connectivity index (χ1n) is 9.86. The number of aromatic hydroxyl groups is 1. The fraction of sp³-hybridized carbons (Fsp3) is 0.240. The van der Waals surface area contributed by atoms with E-state index in [1.54, 1.807) is 12.1 Å². The second-order valence-electron chi connectivity index (χ2n) is 7.52. The van der Waals surface area contributed by atoms with Crippen LogP contribution in [0.5, 0.6) is 17.2 Å². The zero-order valence-corrected chi connectivity index (χ0v) is 17.2. The van der Waals surface area contributed by atoms with Crippen LogP contribution in [0, 0.1) is 0 Å². The number of carboxylic acid groups (broad SMARTS) is 1. The van der Waals surface area contributed by atoms with E-state index in [0.29, 0.717) is 18.8 Å². The first-order valence-corrected chi connectivity index (χ1v) is 9.86. The lowest BCUT2D eigenvalue weighted by atomic mass is 9.77. The first-order chi connectivity index (χ1) is 14.4. The largest absolute Gasteiger partial charge is 0.507 e. The predicted molar refractivity (Wildman–Crippen MR) is 116 cm³/mol. The second-order valence-corrected chi connectivity index (χ2v) is 7.52. The summed E-state index contributed by atoms with van der Waals surface area (Å²) in [4.78, 5) is 11.3. The molecule has 0 amide bonds. The highest BCUT2D eigenvalue weighted by atomic mass is 16.5. The summed E-state index contributed by atoms with van der Waals surface area (Å²) in [5.74, 6) is 0.246. The Labute approximate surface area is 176 Å². The summed E-state index contributed by atoms with van der Waals surface area (Å²) in [5, 5.41) is 19.7. The summed E-state index contributed by atoms with van der Waals surface area (Å²) >= 11 is 0. The molecule has 0 bridgehead atoms. The van der Waals surface area contributed by atoms with Crippen LogP contribution in [-0.2, 0) is 5.41 Å². The van der Waals surface area contributed by atoms with Crippen LogP contribution in [0.2, 0.25) is 0 Å². The van der Waals surface area contributed by atoms with Crippen molar-refractivity contribution < 1.29 is 24.5 Å². The van der Waals surface area contributed by atoms with Crippen molar-refractivity contribution in [3.8, 4) is 17.2 Å². The van der Waals surface area contributed by atoms with E-state index >= 15 is 0 Å². The number of carboxylic acids is 1. The van der Waals surface area contributed by atoms with Gasteiger partial charge in [0, 0.05) is 17.4 Å². The molecule has 0 saturated heterocycles. The van der Waals surface area contributed by atoms with E-state index < -0.39 is 11.4 Å². The van der Waals surface area contributed by atoms with Gasteiger partial charge in [-0.1, -0.05) is 56.3 Å². The topological polar surface area (TPSA) is 76.0 Å².